The molecule has 0 aliphatic rings. The van der Waals surface area contributed by atoms with Gasteiger partial charge in [-0.1, -0.05) is 11.3 Å². The summed E-state index contributed by atoms with van der Waals surface area (Å²) in [5, 5.41) is 0.423. The molecule has 0 aliphatic carbocycles. The molecule has 0 saturated carbocycles. The zero-order valence-corrected chi connectivity index (χ0v) is 8.84. The normalized spacial score (nSPS) is 10.3. The van der Waals surface area contributed by atoms with Crippen LogP contribution in [-0.2, 0) is 0 Å². The summed E-state index contributed by atoms with van der Waals surface area (Å²) in [6.07, 6.45) is 1.55. The van der Waals surface area contributed by atoms with Crippen molar-refractivity contribution in [2.24, 2.45) is 0 Å². The lowest BCUT2D eigenvalue weighted by molar-refractivity contribution is 0.414. The van der Waals surface area contributed by atoms with Gasteiger partial charge in [0.2, 0.25) is 0 Å². The van der Waals surface area contributed by atoms with E-state index >= 15 is 0 Å². The number of ether oxygens (including phenoxy) is 1. The number of hydrogen-bond donors (Lipinski definition) is 1. The van der Waals surface area contributed by atoms with Gasteiger partial charge in [-0.05, 0) is 18.2 Å². The van der Waals surface area contributed by atoms with Crippen molar-refractivity contribution in [2.45, 2.75) is 0 Å². The molecular weight excluding hydrogens is 215 g/mol. The van der Waals surface area contributed by atoms with E-state index < -0.39 is 0 Å². The Morgan fingerprint density at radius 3 is 2.87 bits per heavy atom. The van der Waals surface area contributed by atoms with Gasteiger partial charge in [0.15, 0.2) is 5.13 Å². The van der Waals surface area contributed by atoms with Crippen molar-refractivity contribution in [3.63, 3.8) is 0 Å². The summed E-state index contributed by atoms with van der Waals surface area (Å²) in [6.45, 7) is 0. The fraction of sp³-hybridized carbons (Fsp3) is 0.100. The monoisotopic (exact) mass is 224 g/mol. The third-order valence-electron chi connectivity index (χ3n) is 1.96. The highest BCUT2D eigenvalue weighted by Gasteiger charge is 2.09. The zero-order valence-electron chi connectivity index (χ0n) is 8.03. The molecule has 2 N–H and O–H groups in total. The maximum atomic E-state index is 13.5. The highest BCUT2D eigenvalue weighted by Crippen LogP contribution is 2.31. The molecule has 0 bridgehead atoms. The number of nitrogen functional groups attached to an aromatic ring is 1. The van der Waals surface area contributed by atoms with Crippen molar-refractivity contribution in [1.82, 2.24) is 4.98 Å². The molecule has 2 aromatic rings. The van der Waals surface area contributed by atoms with Crippen LogP contribution in [0.4, 0.5) is 9.52 Å². The van der Waals surface area contributed by atoms with E-state index in [4.69, 9.17) is 10.5 Å². The highest BCUT2D eigenvalue weighted by molar-refractivity contribution is 7.18. The van der Waals surface area contributed by atoms with Crippen molar-refractivity contribution in [1.29, 1.82) is 0 Å². The molecule has 1 heterocycles. The van der Waals surface area contributed by atoms with Gasteiger partial charge in [0.25, 0.3) is 0 Å². The summed E-state index contributed by atoms with van der Waals surface area (Å²) in [5.74, 6) is 0.304. The minimum absolute atomic E-state index is 0.306. The Balaban J connectivity index is 2.51. The third kappa shape index (κ3) is 1.92. The molecular formula is C10H9FN2OS. The maximum Gasteiger partial charge on any atom is 0.180 e. The quantitative estimate of drug-likeness (QED) is 0.852. The van der Waals surface area contributed by atoms with Crippen LogP contribution in [0.3, 0.4) is 0 Å². The van der Waals surface area contributed by atoms with Crippen molar-refractivity contribution in [2.75, 3.05) is 12.8 Å². The van der Waals surface area contributed by atoms with Crippen LogP contribution in [0.25, 0.3) is 10.4 Å². The SMILES string of the molecule is COc1ccc(F)c(-c2cnc(N)s2)c1. The zero-order chi connectivity index (χ0) is 10.8. The highest BCUT2D eigenvalue weighted by atomic mass is 32.1. The van der Waals surface area contributed by atoms with Gasteiger partial charge >= 0.3 is 0 Å². The number of aromatic nitrogens is 1. The first kappa shape index (κ1) is 9.92. The van der Waals surface area contributed by atoms with Gasteiger partial charge < -0.3 is 10.5 Å². The Morgan fingerprint density at radius 1 is 1.47 bits per heavy atom. The summed E-state index contributed by atoms with van der Waals surface area (Å²) in [5.41, 5.74) is 5.95. The number of thiazole rings is 1. The minimum Gasteiger partial charge on any atom is -0.497 e. The molecule has 3 nitrogen and oxygen atoms in total. The average molecular weight is 224 g/mol. The third-order valence-corrected chi connectivity index (χ3v) is 2.82. The van der Waals surface area contributed by atoms with Gasteiger partial charge in [-0.3, -0.25) is 0 Å². The van der Waals surface area contributed by atoms with Crippen LogP contribution >= 0.6 is 11.3 Å². The molecule has 0 amide bonds. The Labute approximate surface area is 90.3 Å². The summed E-state index contributed by atoms with van der Waals surface area (Å²) in [6, 6.07) is 4.57. The molecule has 0 aliphatic heterocycles. The number of nitrogens with two attached hydrogens (primary N) is 1. The average Bonchev–Trinajstić information content (AvgIpc) is 2.65. The fourth-order valence-corrected chi connectivity index (χ4v) is 1.93. The lowest BCUT2D eigenvalue weighted by Gasteiger charge is -2.03. The number of hydrogen-bond acceptors (Lipinski definition) is 4. The first-order valence-electron chi connectivity index (χ1n) is 4.26. The van der Waals surface area contributed by atoms with E-state index in [0.717, 1.165) is 0 Å². The molecule has 0 unspecified atom stereocenters. The molecule has 15 heavy (non-hydrogen) atoms. The largest absolute Gasteiger partial charge is 0.497 e. The molecule has 1 aromatic carbocycles. The van der Waals surface area contributed by atoms with Crippen LogP contribution < -0.4 is 10.5 Å². The lowest BCUT2D eigenvalue weighted by atomic mass is 10.2. The molecule has 1 aromatic heterocycles. The molecule has 0 atom stereocenters. The van der Waals surface area contributed by atoms with E-state index in [9.17, 15) is 4.39 Å². The number of nitrogens with zero attached hydrogens (tertiary/aromatic N) is 1. The summed E-state index contributed by atoms with van der Waals surface area (Å²) >= 11 is 1.25. The summed E-state index contributed by atoms with van der Waals surface area (Å²) < 4.78 is 18.5. The van der Waals surface area contributed by atoms with E-state index in [1.807, 2.05) is 0 Å². The van der Waals surface area contributed by atoms with Crippen LogP contribution in [0, 0.1) is 5.82 Å². The van der Waals surface area contributed by atoms with Gasteiger partial charge in [-0.25, -0.2) is 9.37 Å². The van der Waals surface area contributed by atoms with Gasteiger partial charge in [0, 0.05) is 11.8 Å². The molecule has 78 valence electrons. The van der Waals surface area contributed by atoms with Gasteiger partial charge in [-0.15, -0.1) is 0 Å². The molecule has 5 heteroatoms. The number of rotatable bonds is 2. The second-order valence-corrected chi connectivity index (χ2v) is 3.97. The van der Waals surface area contributed by atoms with Gasteiger partial charge in [0.1, 0.15) is 11.6 Å². The number of benzene rings is 1. The summed E-state index contributed by atoms with van der Waals surface area (Å²) in [7, 11) is 1.54. The van der Waals surface area contributed by atoms with Crippen molar-refractivity contribution in [3.8, 4) is 16.2 Å². The van der Waals surface area contributed by atoms with Crippen LogP contribution in [0.15, 0.2) is 24.4 Å². The van der Waals surface area contributed by atoms with Crippen molar-refractivity contribution >= 4 is 16.5 Å². The predicted octanol–water partition coefficient (Wildman–Crippen LogP) is 2.54. The van der Waals surface area contributed by atoms with E-state index in [0.29, 0.717) is 21.3 Å². The predicted molar refractivity (Wildman–Crippen MR) is 58.5 cm³/mol. The number of halogens is 1. The van der Waals surface area contributed by atoms with Crippen LogP contribution in [-0.4, -0.2) is 12.1 Å². The Bertz CT molecular complexity index is 484. The van der Waals surface area contributed by atoms with Crippen molar-refractivity contribution < 1.29 is 9.13 Å². The molecule has 2 rings (SSSR count). The van der Waals surface area contributed by atoms with E-state index in [1.54, 1.807) is 18.3 Å². The van der Waals surface area contributed by atoms with Crippen LogP contribution in [0.1, 0.15) is 0 Å². The van der Waals surface area contributed by atoms with Gasteiger partial charge in [-0.2, -0.15) is 0 Å². The van der Waals surface area contributed by atoms with Crippen molar-refractivity contribution in [3.05, 3.63) is 30.2 Å². The number of methoxy groups -OCH3 is 1. The fourth-order valence-electron chi connectivity index (χ4n) is 1.23. The second-order valence-electron chi connectivity index (χ2n) is 2.91. The molecule has 0 radical (unpaired) electrons. The van der Waals surface area contributed by atoms with E-state index in [1.165, 1.54) is 24.5 Å². The lowest BCUT2D eigenvalue weighted by Crippen LogP contribution is -1.86. The molecule has 0 spiro atoms. The number of anilines is 1. The van der Waals surface area contributed by atoms with E-state index in [2.05, 4.69) is 4.98 Å². The topological polar surface area (TPSA) is 48.1 Å². The first-order chi connectivity index (χ1) is 7.20. The summed E-state index contributed by atoms with van der Waals surface area (Å²) in [4.78, 5) is 4.58. The first-order valence-corrected chi connectivity index (χ1v) is 5.07. The standard InChI is InChI=1S/C10H9FN2OS/c1-14-6-2-3-8(11)7(4-6)9-5-13-10(12)15-9/h2-5H,1H3,(H2,12,13). The van der Waals surface area contributed by atoms with Gasteiger partial charge in [0.05, 0.1) is 12.0 Å². The van der Waals surface area contributed by atoms with E-state index in [-0.39, 0.29) is 5.82 Å². The Morgan fingerprint density at radius 2 is 2.27 bits per heavy atom. The Hall–Kier alpha value is -1.62. The second kappa shape index (κ2) is 3.86. The van der Waals surface area contributed by atoms with Crippen LogP contribution in [0.5, 0.6) is 5.75 Å². The smallest absolute Gasteiger partial charge is 0.180 e. The van der Waals surface area contributed by atoms with Crippen LogP contribution in [0.2, 0.25) is 0 Å². The molecule has 0 fully saturated rings. The molecule has 0 saturated heterocycles. The Kier molecular flexibility index (Phi) is 2.55. The maximum absolute atomic E-state index is 13.5. The minimum atomic E-state index is -0.306.